The zero-order chi connectivity index (χ0) is 15.1. The first-order valence-corrected chi connectivity index (χ1v) is 6.69. The molecule has 4 aromatic rings. The highest BCUT2D eigenvalue weighted by Crippen LogP contribution is 2.24. The van der Waals surface area contributed by atoms with Gasteiger partial charge in [-0.3, -0.25) is 0 Å². The van der Waals surface area contributed by atoms with Crippen molar-refractivity contribution in [2.45, 2.75) is 6.92 Å². The van der Waals surface area contributed by atoms with E-state index in [-0.39, 0.29) is 5.69 Å². The molecule has 108 valence electrons. The standard InChI is InChI=1S/C15H11N5O2/c1-9-4-2-5-10(8-9)12-16-14(22-19-12)11-6-3-7-20-13(11)17-18-15(20)21/h2-8H,1H3,(H,18,21). The predicted molar refractivity (Wildman–Crippen MR) is 79.3 cm³/mol. The summed E-state index contributed by atoms with van der Waals surface area (Å²) in [5.41, 5.74) is 2.74. The summed E-state index contributed by atoms with van der Waals surface area (Å²) in [5.74, 6) is 0.819. The van der Waals surface area contributed by atoms with E-state index in [1.165, 1.54) is 4.40 Å². The van der Waals surface area contributed by atoms with Gasteiger partial charge in [-0.15, -0.1) is 0 Å². The molecule has 1 aromatic carbocycles. The predicted octanol–water partition coefficient (Wildman–Crippen LogP) is 2.05. The molecule has 22 heavy (non-hydrogen) atoms. The number of pyridine rings is 1. The van der Waals surface area contributed by atoms with Crippen molar-refractivity contribution in [2.75, 3.05) is 0 Å². The number of fused-ring (bicyclic) bond motifs is 1. The number of aryl methyl sites for hydroxylation is 1. The molecule has 7 nitrogen and oxygen atoms in total. The Morgan fingerprint density at radius 3 is 3.00 bits per heavy atom. The summed E-state index contributed by atoms with van der Waals surface area (Å²) in [6.45, 7) is 2.00. The molecule has 1 N–H and O–H groups in total. The molecule has 7 heteroatoms. The van der Waals surface area contributed by atoms with E-state index in [1.54, 1.807) is 18.3 Å². The van der Waals surface area contributed by atoms with E-state index in [1.807, 2.05) is 31.2 Å². The minimum absolute atomic E-state index is 0.310. The van der Waals surface area contributed by atoms with Gasteiger partial charge < -0.3 is 4.52 Å². The summed E-state index contributed by atoms with van der Waals surface area (Å²) < 4.78 is 6.73. The Bertz CT molecular complexity index is 1030. The second-order valence-electron chi connectivity index (χ2n) is 4.94. The van der Waals surface area contributed by atoms with E-state index in [4.69, 9.17) is 4.52 Å². The second-order valence-corrected chi connectivity index (χ2v) is 4.94. The third-order valence-electron chi connectivity index (χ3n) is 3.38. The largest absolute Gasteiger partial charge is 0.347 e. The lowest BCUT2D eigenvalue weighted by molar-refractivity contribution is 0.432. The maximum Gasteiger partial charge on any atom is 0.347 e. The van der Waals surface area contributed by atoms with Crippen LogP contribution in [0.2, 0.25) is 0 Å². The molecule has 3 heterocycles. The van der Waals surface area contributed by atoms with Crippen LogP contribution in [0.1, 0.15) is 5.56 Å². The summed E-state index contributed by atoms with van der Waals surface area (Å²) in [5, 5.41) is 10.4. The van der Waals surface area contributed by atoms with Crippen LogP contribution in [0.4, 0.5) is 0 Å². The molecule has 0 atom stereocenters. The summed E-state index contributed by atoms with van der Waals surface area (Å²) >= 11 is 0. The average molecular weight is 293 g/mol. The van der Waals surface area contributed by atoms with E-state index >= 15 is 0 Å². The zero-order valence-corrected chi connectivity index (χ0v) is 11.6. The monoisotopic (exact) mass is 293 g/mol. The van der Waals surface area contributed by atoms with Crippen LogP contribution in [0, 0.1) is 6.92 Å². The van der Waals surface area contributed by atoms with Gasteiger partial charge in [0.05, 0.1) is 5.56 Å². The average Bonchev–Trinajstić information content (AvgIpc) is 3.15. The molecule has 0 saturated heterocycles. The Morgan fingerprint density at radius 2 is 2.14 bits per heavy atom. The number of hydrogen-bond acceptors (Lipinski definition) is 5. The molecule has 0 bridgehead atoms. The fraction of sp³-hybridized carbons (Fsp3) is 0.0667. The van der Waals surface area contributed by atoms with E-state index in [9.17, 15) is 4.79 Å². The fourth-order valence-electron chi connectivity index (χ4n) is 2.33. The van der Waals surface area contributed by atoms with E-state index < -0.39 is 0 Å². The minimum atomic E-state index is -0.310. The number of rotatable bonds is 2. The summed E-state index contributed by atoms with van der Waals surface area (Å²) in [4.78, 5) is 16.0. The molecule has 0 spiro atoms. The molecule has 4 rings (SSSR count). The van der Waals surface area contributed by atoms with Crippen molar-refractivity contribution in [3.63, 3.8) is 0 Å². The van der Waals surface area contributed by atoms with Crippen molar-refractivity contribution >= 4 is 5.65 Å². The lowest BCUT2D eigenvalue weighted by Crippen LogP contribution is -2.08. The molecular weight excluding hydrogens is 282 g/mol. The SMILES string of the molecule is Cc1cccc(-c2noc(-c3cccn4c(=O)[nH]nc34)n2)c1. The number of nitrogens with one attached hydrogen (secondary N) is 1. The number of nitrogens with zero attached hydrogens (tertiary/aromatic N) is 4. The summed E-state index contributed by atoms with van der Waals surface area (Å²) in [7, 11) is 0. The molecule has 0 aliphatic carbocycles. The minimum Gasteiger partial charge on any atom is -0.333 e. The van der Waals surface area contributed by atoms with Crippen molar-refractivity contribution < 1.29 is 4.52 Å². The number of H-pyrrole nitrogens is 1. The Balaban J connectivity index is 1.85. The van der Waals surface area contributed by atoms with Crippen molar-refractivity contribution in [3.8, 4) is 22.8 Å². The maximum absolute atomic E-state index is 11.6. The Hall–Kier alpha value is -3.22. The maximum atomic E-state index is 11.6. The molecule has 0 aliphatic rings. The van der Waals surface area contributed by atoms with Gasteiger partial charge in [-0.05, 0) is 25.1 Å². The number of benzene rings is 1. The molecule has 0 radical (unpaired) electrons. The third-order valence-corrected chi connectivity index (χ3v) is 3.38. The molecule has 0 aliphatic heterocycles. The van der Waals surface area contributed by atoms with Crippen LogP contribution in [0.3, 0.4) is 0 Å². The van der Waals surface area contributed by atoms with Crippen molar-refractivity contribution in [2.24, 2.45) is 0 Å². The van der Waals surface area contributed by atoms with Gasteiger partial charge in [0.15, 0.2) is 5.65 Å². The summed E-state index contributed by atoms with van der Waals surface area (Å²) in [6.07, 6.45) is 1.63. The van der Waals surface area contributed by atoms with Gasteiger partial charge in [0.25, 0.3) is 5.89 Å². The lowest BCUT2D eigenvalue weighted by atomic mass is 10.1. The second kappa shape index (κ2) is 4.66. The van der Waals surface area contributed by atoms with Crippen molar-refractivity contribution in [3.05, 3.63) is 58.6 Å². The Kier molecular flexibility index (Phi) is 2.65. The van der Waals surface area contributed by atoms with Gasteiger partial charge in [0.1, 0.15) is 0 Å². The Labute approximate surface area is 124 Å². The first kappa shape index (κ1) is 12.5. The van der Waals surface area contributed by atoms with Gasteiger partial charge in [-0.1, -0.05) is 28.9 Å². The van der Waals surface area contributed by atoms with Gasteiger partial charge in [0.2, 0.25) is 5.82 Å². The van der Waals surface area contributed by atoms with E-state index in [0.717, 1.165) is 11.1 Å². The normalized spacial score (nSPS) is 11.1. The molecular formula is C15H11N5O2. The first-order chi connectivity index (χ1) is 10.7. The smallest absolute Gasteiger partial charge is 0.333 e. The highest BCUT2D eigenvalue weighted by molar-refractivity contribution is 5.72. The van der Waals surface area contributed by atoms with Crippen LogP contribution in [-0.4, -0.2) is 24.7 Å². The highest BCUT2D eigenvalue weighted by Gasteiger charge is 2.15. The fourth-order valence-corrected chi connectivity index (χ4v) is 2.33. The Morgan fingerprint density at radius 1 is 1.23 bits per heavy atom. The number of aromatic nitrogens is 5. The van der Waals surface area contributed by atoms with E-state index in [2.05, 4.69) is 20.3 Å². The number of aromatic amines is 1. The van der Waals surface area contributed by atoms with Gasteiger partial charge >= 0.3 is 5.69 Å². The van der Waals surface area contributed by atoms with Gasteiger partial charge in [-0.25, -0.2) is 14.3 Å². The van der Waals surface area contributed by atoms with Gasteiger partial charge in [-0.2, -0.15) is 10.1 Å². The van der Waals surface area contributed by atoms with Crippen LogP contribution in [0.5, 0.6) is 0 Å². The third kappa shape index (κ3) is 1.91. The number of hydrogen-bond donors (Lipinski definition) is 1. The molecule has 0 amide bonds. The molecule has 0 saturated carbocycles. The van der Waals surface area contributed by atoms with Crippen LogP contribution >= 0.6 is 0 Å². The zero-order valence-electron chi connectivity index (χ0n) is 11.6. The van der Waals surface area contributed by atoms with Crippen LogP contribution in [0.25, 0.3) is 28.5 Å². The lowest BCUT2D eigenvalue weighted by Gasteiger charge is -1.96. The summed E-state index contributed by atoms with van der Waals surface area (Å²) in [6, 6.07) is 11.4. The van der Waals surface area contributed by atoms with E-state index in [0.29, 0.717) is 22.9 Å². The van der Waals surface area contributed by atoms with Crippen LogP contribution in [-0.2, 0) is 0 Å². The van der Waals surface area contributed by atoms with Crippen molar-refractivity contribution in [1.29, 1.82) is 0 Å². The highest BCUT2D eigenvalue weighted by atomic mass is 16.5. The molecule has 0 unspecified atom stereocenters. The first-order valence-electron chi connectivity index (χ1n) is 6.69. The van der Waals surface area contributed by atoms with Crippen LogP contribution in [0.15, 0.2) is 51.9 Å². The van der Waals surface area contributed by atoms with Crippen LogP contribution < -0.4 is 5.69 Å². The molecule has 0 fully saturated rings. The molecule has 3 aromatic heterocycles. The van der Waals surface area contributed by atoms with Gasteiger partial charge in [0, 0.05) is 11.8 Å². The van der Waals surface area contributed by atoms with Crippen molar-refractivity contribution in [1.82, 2.24) is 24.7 Å². The topological polar surface area (TPSA) is 89.1 Å². The quantitative estimate of drug-likeness (QED) is 0.611.